The average Bonchev–Trinajstić information content (AvgIpc) is 3.21. The summed E-state index contributed by atoms with van der Waals surface area (Å²) in [6.45, 7) is 0.913. The molecule has 0 N–H and O–H groups in total. The van der Waals surface area contributed by atoms with Gasteiger partial charge in [-0.1, -0.05) is 29.0 Å². The fraction of sp³-hybridized carbons (Fsp3) is 0.444. The Hall–Kier alpha value is -2.19. The van der Waals surface area contributed by atoms with Crippen molar-refractivity contribution >= 4 is 50.9 Å². The van der Waals surface area contributed by atoms with Gasteiger partial charge in [0.1, 0.15) is 18.2 Å². The molecule has 0 saturated carbocycles. The Kier molecular flexibility index (Phi) is 5.01. The number of piperidine rings is 1. The first kappa shape index (κ1) is 18.2. The smallest absolute Gasteiger partial charge is 0.274 e. The van der Waals surface area contributed by atoms with Crippen molar-refractivity contribution in [2.45, 2.75) is 31.8 Å². The molecule has 1 aromatic carbocycles. The number of benzene rings is 1. The van der Waals surface area contributed by atoms with Crippen molar-refractivity contribution in [3.05, 3.63) is 23.2 Å². The zero-order chi connectivity index (χ0) is 19.0. The van der Waals surface area contributed by atoms with Gasteiger partial charge in [0.05, 0.1) is 9.72 Å². The molecule has 7 nitrogen and oxygen atoms in total. The van der Waals surface area contributed by atoms with Crippen LogP contribution in [0.3, 0.4) is 0 Å². The van der Waals surface area contributed by atoms with Crippen LogP contribution in [0.15, 0.2) is 18.2 Å². The van der Waals surface area contributed by atoms with Crippen LogP contribution in [0.2, 0.25) is 5.02 Å². The summed E-state index contributed by atoms with van der Waals surface area (Å²) < 4.78 is 6.96. The van der Waals surface area contributed by atoms with E-state index >= 15 is 0 Å². The SMILES string of the molecule is O=C(CN1C(=O)CCC1=O)N1CCC(Oc2nc3c(Cl)cccc3s2)CC1. The lowest BCUT2D eigenvalue weighted by Gasteiger charge is -2.32. The molecule has 2 aliphatic heterocycles. The highest BCUT2D eigenvalue weighted by Gasteiger charge is 2.33. The molecule has 2 aliphatic rings. The van der Waals surface area contributed by atoms with Gasteiger partial charge in [0.2, 0.25) is 17.7 Å². The van der Waals surface area contributed by atoms with Gasteiger partial charge in [-0.25, -0.2) is 4.98 Å². The molecule has 0 bridgehead atoms. The molecule has 2 fully saturated rings. The molecule has 0 spiro atoms. The third kappa shape index (κ3) is 3.77. The molecule has 9 heteroatoms. The monoisotopic (exact) mass is 407 g/mol. The highest BCUT2D eigenvalue weighted by molar-refractivity contribution is 7.20. The molecule has 4 rings (SSSR count). The van der Waals surface area contributed by atoms with E-state index in [1.807, 2.05) is 12.1 Å². The van der Waals surface area contributed by atoms with Crippen molar-refractivity contribution < 1.29 is 19.1 Å². The molecule has 3 amide bonds. The summed E-state index contributed by atoms with van der Waals surface area (Å²) in [7, 11) is 0. The predicted molar refractivity (Wildman–Crippen MR) is 101 cm³/mol. The number of carbonyl (C=O) groups is 3. The van der Waals surface area contributed by atoms with E-state index in [1.165, 1.54) is 11.3 Å². The number of rotatable bonds is 4. The molecule has 0 atom stereocenters. The standard InChI is InChI=1S/C18H18ClN3O4S/c19-12-2-1-3-13-17(12)20-18(27-13)26-11-6-8-21(9-7-11)16(25)10-22-14(23)4-5-15(22)24/h1-3,11H,4-10H2. The van der Waals surface area contributed by atoms with Gasteiger partial charge in [-0.3, -0.25) is 19.3 Å². The topological polar surface area (TPSA) is 79.8 Å². The highest BCUT2D eigenvalue weighted by Crippen LogP contribution is 2.33. The number of likely N-dealkylation sites (tertiary alicyclic amines) is 2. The number of imide groups is 1. The minimum atomic E-state index is -0.263. The van der Waals surface area contributed by atoms with Gasteiger partial charge in [-0.15, -0.1) is 0 Å². The van der Waals surface area contributed by atoms with E-state index in [4.69, 9.17) is 16.3 Å². The first-order chi connectivity index (χ1) is 13.0. The van der Waals surface area contributed by atoms with Crippen molar-refractivity contribution in [1.82, 2.24) is 14.8 Å². The van der Waals surface area contributed by atoms with Crippen LogP contribution in [0.25, 0.3) is 10.2 Å². The summed E-state index contributed by atoms with van der Waals surface area (Å²) in [5.74, 6) is -0.717. The third-order valence-electron chi connectivity index (χ3n) is 4.86. The first-order valence-corrected chi connectivity index (χ1v) is 10.0. The van der Waals surface area contributed by atoms with Crippen LogP contribution in [-0.2, 0) is 14.4 Å². The van der Waals surface area contributed by atoms with Crippen molar-refractivity contribution in [3.8, 4) is 5.19 Å². The van der Waals surface area contributed by atoms with Crippen molar-refractivity contribution in [2.75, 3.05) is 19.6 Å². The zero-order valence-electron chi connectivity index (χ0n) is 14.5. The van der Waals surface area contributed by atoms with Crippen molar-refractivity contribution in [3.63, 3.8) is 0 Å². The van der Waals surface area contributed by atoms with E-state index in [-0.39, 0.29) is 43.2 Å². The van der Waals surface area contributed by atoms with Crippen LogP contribution in [0.5, 0.6) is 5.19 Å². The Labute approximate surface area is 164 Å². The van der Waals surface area contributed by atoms with E-state index in [9.17, 15) is 14.4 Å². The summed E-state index contributed by atoms with van der Waals surface area (Å²) in [4.78, 5) is 42.9. The third-order valence-corrected chi connectivity index (χ3v) is 6.08. The summed E-state index contributed by atoms with van der Waals surface area (Å²) in [5.41, 5.74) is 0.742. The number of nitrogens with zero attached hydrogens (tertiary/aromatic N) is 3. The van der Waals surface area contributed by atoms with Crippen LogP contribution in [0, 0.1) is 0 Å². The van der Waals surface area contributed by atoms with Gasteiger partial charge in [0.25, 0.3) is 5.19 Å². The largest absolute Gasteiger partial charge is 0.467 e. The summed E-state index contributed by atoms with van der Waals surface area (Å²) in [6.07, 6.45) is 1.74. The second-order valence-corrected chi connectivity index (χ2v) is 8.04. The molecule has 0 unspecified atom stereocenters. The summed E-state index contributed by atoms with van der Waals surface area (Å²) in [5, 5.41) is 1.18. The van der Waals surface area contributed by atoms with Gasteiger partial charge in [-0.05, 0) is 12.1 Å². The second kappa shape index (κ2) is 7.44. The molecule has 142 valence electrons. The summed E-state index contributed by atoms with van der Waals surface area (Å²) in [6, 6.07) is 5.63. The number of amides is 3. The van der Waals surface area contributed by atoms with E-state index in [0.29, 0.717) is 36.1 Å². The Morgan fingerprint density at radius 2 is 1.93 bits per heavy atom. The maximum Gasteiger partial charge on any atom is 0.274 e. The van der Waals surface area contributed by atoms with E-state index in [0.717, 1.165) is 15.1 Å². The molecule has 0 radical (unpaired) electrons. The lowest BCUT2D eigenvalue weighted by atomic mass is 10.1. The molecule has 2 aromatic rings. The Balaban J connectivity index is 1.32. The van der Waals surface area contributed by atoms with E-state index < -0.39 is 0 Å². The molecule has 0 aliphatic carbocycles. The zero-order valence-corrected chi connectivity index (χ0v) is 16.1. The molecule has 2 saturated heterocycles. The minimum absolute atomic E-state index is 0.0246. The molecular weight excluding hydrogens is 390 g/mol. The van der Waals surface area contributed by atoms with Gasteiger partial charge in [0, 0.05) is 38.8 Å². The molecule has 3 heterocycles. The summed E-state index contributed by atoms with van der Waals surface area (Å²) >= 11 is 7.60. The van der Waals surface area contributed by atoms with E-state index in [2.05, 4.69) is 4.98 Å². The maximum absolute atomic E-state index is 12.4. The van der Waals surface area contributed by atoms with E-state index in [1.54, 1.807) is 11.0 Å². The first-order valence-electron chi connectivity index (χ1n) is 8.84. The lowest BCUT2D eigenvalue weighted by molar-refractivity contribution is -0.146. The van der Waals surface area contributed by atoms with Crippen LogP contribution in [0.1, 0.15) is 25.7 Å². The fourth-order valence-electron chi connectivity index (χ4n) is 3.35. The molecule has 1 aromatic heterocycles. The normalized spacial score (nSPS) is 18.6. The minimum Gasteiger partial charge on any atom is -0.467 e. The Bertz CT molecular complexity index is 891. The number of hydrogen-bond donors (Lipinski definition) is 0. The number of thiazole rings is 1. The number of hydrogen-bond acceptors (Lipinski definition) is 6. The van der Waals surface area contributed by atoms with Crippen LogP contribution in [-0.4, -0.2) is 58.2 Å². The maximum atomic E-state index is 12.4. The Morgan fingerprint density at radius 3 is 2.59 bits per heavy atom. The van der Waals surface area contributed by atoms with Gasteiger partial charge >= 0.3 is 0 Å². The number of carbonyl (C=O) groups excluding carboxylic acids is 3. The number of fused-ring (bicyclic) bond motifs is 1. The van der Waals surface area contributed by atoms with Crippen molar-refractivity contribution in [2.24, 2.45) is 0 Å². The second-order valence-electron chi connectivity index (χ2n) is 6.64. The number of ether oxygens (including phenoxy) is 1. The van der Waals surface area contributed by atoms with Crippen molar-refractivity contribution in [1.29, 1.82) is 0 Å². The molecule has 27 heavy (non-hydrogen) atoms. The van der Waals surface area contributed by atoms with Crippen LogP contribution >= 0.6 is 22.9 Å². The van der Waals surface area contributed by atoms with Crippen LogP contribution in [0.4, 0.5) is 0 Å². The number of halogens is 1. The highest BCUT2D eigenvalue weighted by atomic mass is 35.5. The lowest BCUT2D eigenvalue weighted by Crippen LogP contribution is -2.47. The average molecular weight is 408 g/mol. The number of para-hydroxylation sites is 1. The van der Waals surface area contributed by atoms with Gasteiger partial charge in [0.15, 0.2) is 0 Å². The molecular formula is C18H18ClN3O4S. The number of aromatic nitrogens is 1. The van der Waals surface area contributed by atoms with Crippen LogP contribution < -0.4 is 4.74 Å². The predicted octanol–water partition coefficient (Wildman–Crippen LogP) is 2.47. The van der Waals surface area contributed by atoms with Gasteiger partial charge in [-0.2, -0.15) is 0 Å². The Morgan fingerprint density at radius 1 is 1.22 bits per heavy atom. The fourth-order valence-corrected chi connectivity index (χ4v) is 4.53. The van der Waals surface area contributed by atoms with Gasteiger partial charge < -0.3 is 9.64 Å². The quantitative estimate of drug-likeness (QED) is 0.727.